The molecule has 136 valence electrons. The summed E-state index contributed by atoms with van der Waals surface area (Å²) in [6, 6.07) is 10.0. The van der Waals surface area contributed by atoms with Crippen LogP contribution in [0.1, 0.15) is 37.7 Å². The standard InChI is InChI=1S/C19H22N4O2S/c24-17(25-15-9-5-2-6-10-15)12-22-13-20-18-16(19(22)26)11-23(21-18)14-7-3-1-4-8-14/h1,3-4,7-8,13,15,21H,2,5-6,9-12H2. The number of nitrogens with one attached hydrogen (secondary N) is 1. The molecule has 0 spiro atoms. The van der Waals surface area contributed by atoms with Crippen molar-refractivity contribution in [3.63, 3.8) is 0 Å². The SMILES string of the molecule is O=C(Cn1cnc2c(c1=S)CN(c1ccccc1)N2)OC1CCCCC1. The summed E-state index contributed by atoms with van der Waals surface area (Å²) in [4.78, 5) is 16.7. The number of esters is 1. The van der Waals surface area contributed by atoms with Gasteiger partial charge in [0, 0.05) is 0 Å². The first kappa shape index (κ1) is 17.0. The molecule has 7 heteroatoms. The van der Waals surface area contributed by atoms with E-state index in [-0.39, 0.29) is 18.6 Å². The maximum absolute atomic E-state index is 12.3. The van der Waals surface area contributed by atoms with E-state index in [0.717, 1.165) is 42.8 Å². The maximum Gasteiger partial charge on any atom is 0.326 e. The van der Waals surface area contributed by atoms with Crippen LogP contribution in [0.5, 0.6) is 0 Å². The molecule has 6 nitrogen and oxygen atoms in total. The average molecular weight is 370 g/mol. The van der Waals surface area contributed by atoms with Crippen molar-refractivity contribution in [2.75, 3.05) is 10.4 Å². The lowest BCUT2D eigenvalue weighted by Gasteiger charge is -2.22. The third-order valence-electron chi connectivity index (χ3n) is 4.91. The second-order valence-electron chi connectivity index (χ2n) is 6.79. The van der Waals surface area contributed by atoms with Gasteiger partial charge in [-0.15, -0.1) is 0 Å². The molecule has 1 aromatic heterocycles. The summed E-state index contributed by atoms with van der Waals surface area (Å²) in [5.41, 5.74) is 5.24. The van der Waals surface area contributed by atoms with Crippen LogP contribution in [0.4, 0.5) is 11.5 Å². The fourth-order valence-electron chi connectivity index (χ4n) is 3.52. The highest BCUT2D eigenvalue weighted by atomic mass is 32.1. The van der Waals surface area contributed by atoms with Gasteiger partial charge in [-0.3, -0.25) is 15.2 Å². The minimum absolute atomic E-state index is 0.0584. The third kappa shape index (κ3) is 3.58. The zero-order valence-electron chi connectivity index (χ0n) is 14.6. The number of anilines is 2. The number of nitrogens with zero attached hydrogens (tertiary/aromatic N) is 3. The Kier molecular flexibility index (Phi) is 4.88. The molecule has 1 N–H and O–H groups in total. The predicted octanol–water partition coefficient (Wildman–Crippen LogP) is 3.84. The van der Waals surface area contributed by atoms with Gasteiger partial charge in [-0.25, -0.2) is 4.98 Å². The van der Waals surface area contributed by atoms with Crippen molar-refractivity contribution < 1.29 is 9.53 Å². The Morgan fingerprint density at radius 1 is 1.23 bits per heavy atom. The van der Waals surface area contributed by atoms with Gasteiger partial charge in [0.25, 0.3) is 0 Å². The lowest BCUT2D eigenvalue weighted by atomic mass is 9.98. The van der Waals surface area contributed by atoms with Gasteiger partial charge in [0.05, 0.1) is 24.1 Å². The minimum Gasteiger partial charge on any atom is -0.461 e. The number of para-hydroxylation sites is 1. The first-order chi connectivity index (χ1) is 12.7. The fraction of sp³-hybridized carbons (Fsp3) is 0.421. The number of hydrazine groups is 1. The first-order valence-corrected chi connectivity index (χ1v) is 9.48. The van der Waals surface area contributed by atoms with Gasteiger partial charge < -0.3 is 9.30 Å². The number of aromatic nitrogens is 2. The normalized spacial score (nSPS) is 16.8. The second kappa shape index (κ2) is 7.45. The molecule has 1 aliphatic heterocycles. The second-order valence-corrected chi connectivity index (χ2v) is 7.17. The Morgan fingerprint density at radius 3 is 2.77 bits per heavy atom. The number of carbonyl (C=O) groups is 1. The van der Waals surface area contributed by atoms with Crippen LogP contribution in [0.15, 0.2) is 36.7 Å². The summed E-state index contributed by atoms with van der Waals surface area (Å²) in [5, 5.41) is 2.00. The molecule has 2 aliphatic rings. The van der Waals surface area contributed by atoms with E-state index in [4.69, 9.17) is 17.0 Å². The molecule has 4 rings (SSSR count). The van der Waals surface area contributed by atoms with Crippen LogP contribution in [0.2, 0.25) is 0 Å². The van der Waals surface area contributed by atoms with Crippen molar-refractivity contribution in [3.05, 3.63) is 46.9 Å². The van der Waals surface area contributed by atoms with E-state index in [2.05, 4.69) is 10.4 Å². The molecule has 0 amide bonds. The smallest absolute Gasteiger partial charge is 0.326 e. The van der Waals surface area contributed by atoms with Crippen molar-refractivity contribution in [1.82, 2.24) is 9.55 Å². The van der Waals surface area contributed by atoms with E-state index in [1.165, 1.54) is 6.42 Å². The molecule has 0 unspecified atom stereocenters. The number of benzene rings is 1. The highest BCUT2D eigenvalue weighted by Gasteiger charge is 2.23. The number of fused-ring (bicyclic) bond motifs is 1. The van der Waals surface area contributed by atoms with Gasteiger partial charge in [0.1, 0.15) is 17.3 Å². The van der Waals surface area contributed by atoms with Crippen LogP contribution in [0, 0.1) is 4.64 Å². The molecule has 0 saturated heterocycles. The molecule has 26 heavy (non-hydrogen) atoms. The van der Waals surface area contributed by atoms with Gasteiger partial charge >= 0.3 is 5.97 Å². The number of carbonyl (C=O) groups excluding carboxylic acids is 1. The average Bonchev–Trinajstić information content (AvgIpc) is 3.11. The lowest BCUT2D eigenvalue weighted by Crippen LogP contribution is -2.24. The first-order valence-electron chi connectivity index (χ1n) is 9.08. The molecule has 1 aliphatic carbocycles. The van der Waals surface area contributed by atoms with Gasteiger partial charge in [0.15, 0.2) is 5.82 Å². The molecule has 0 bridgehead atoms. The Labute approximate surface area is 157 Å². The van der Waals surface area contributed by atoms with Crippen molar-refractivity contribution in [3.8, 4) is 0 Å². The Balaban J connectivity index is 1.45. The minimum atomic E-state index is -0.236. The van der Waals surface area contributed by atoms with Gasteiger partial charge in [-0.2, -0.15) is 0 Å². The van der Waals surface area contributed by atoms with Crippen LogP contribution in [-0.2, 0) is 22.6 Å². The molecule has 1 saturated carbocycles. The molecule has 2 heterocycles. The van der Waals surface area contributed by atoms with Crippen molar-refractivity contribution in [2.24, 2.45) is 0 Å². The lowest BCUT2D eigenvalue weighted by molar-refractivity contribution is -0.151. The summed E-state index contributed by atoms with van der Waals surface area (Å²) in [7, 11) is 0. The van der Waals surface area contributed by atoms with Crippen molar-refractivity contribution in [2.45, 2.75) is 51.3 Å². The van der Waals surface area contributed by atoms with Gasteiger partial charge in [0.2, 0.25) is 0 Å². The molecule has 0 atom stereocenters. The topological polar surface area (TPSA) is 59.4 Å². The number of ether oxygens (including phenoxy) is 1. The van der Waals surface area contributed by atoms with Crippen LogP contribution < -0.4 is 10.4 Å². The molecule has 2 aromatic rings. The van der Waals surface area contributed by atoms with E-state index >= 15 is 0 Å². The Morgan fingerprint density at radius 2 is 2.00 bits per heavy atom. The maximum atomic E-state index is 12.3. The largest absolute Gasteiger partial charge is 0.461 e. The molecule has 0 radical (unpaired) electrons. The van der Waals surface area contributed by atoms with E-state index in [0.29, 0.717) is 11.2 Å². The molecular weight excluding hydrogens is 348 g/mol. The van der Waals surface area contributed by atoms with E-state index in [1.807, 2.05) is 35.3 Å². The Hall–Kier alpha value is -2.41. The summed E-state index contributed by atoms with van der Waals surface area (Å²) in [5.74, 6) is 0.511. The number of hydrogen-bond acceptors (Lipinski definition) is 6. The highest BCUT2D eigenvalue weighted by Crippen LogP contribution is 2.28. The summed E-state index contributed by atoms with van der Waals surface area (Å²) in [6.07, 6.45) is 7.12. The monoisotopic (exact) mass is 370 g/mol. The molecular formula is C19H22N4O2S. The number of rotatable bonds is 4. The zero-order valence-corrected chi connectivity index (χ0v) is 15.4. The van der Waals surface area contributed by atoms with Gasteiger partial charge in [-0.05, 0) is 37.8 Å². The molecule has 1 fully saturated rings. The zero-order chi connectivity index (χ0) is 17.9. The third-order valence-corrected chi connectivity index (χ3v) is 5.39. The number of hydrogen-bond donors (Lipinski definition) is 1. The summed E-state index contributed by atoms with van der Waals surface area (Å²) >= 11 is 5.59. The van der Waals surface area contributed by atoms with Crippen LogP contribution in [-0.4, -0.2) is 21.6 Å². The Bertz CT molecular complexity index is 846. The van der Waals surface area contributed by atoms with Crippen LogP contribution >= 0.6 is 12.2 Å². The van der Waals surface area contributed by atoms with Crippen molar-refractivity contribution >= 4 is 29.7 Å². The summed E-state index contributed by atoms with van der Waals surface area (Å²) in [6.45, 7) is 0.727. The van der Waals surface area contributed by atoms with Crippen molar-refractivity contribution in [1.29, 1.82) is 0 Å². The van der Waals surface area contributed by atoms with E-state index in [1.54, 1.807) is 10.9 Å². The summed E-state index contributed by atoms with van der Waals surface area (Å²) < 4.78 is 7.93. The van der Waals surface area contributed by atoms with Crippen LogP contribution in [0.25, 0.3) is 0 Å². The molecule has 1 aromatic carbocycles. The highest BCUT2D eigenvalue weighted by molar-refractivity contribution is 7.71. The quantitative estimate of drug-likeness (QED) is 0.652. The van der Waals surface area contributed by atoms with Crippen LogP contribution in [0.3, 0.4) is 0 Å². The fourth-order valence-corrected chi connectivity index (χ4v) is 3.79. The van der Waals surface area contributed by atoms with E-state index < -0.39 is 0 Å². The van der Waals surface area contributed by atoms with E-state index in [9.17, 15) is 4.79 Å². The van der Waals surface area contributed by atoms with Gasteiger partial charge in [-0.1, -0.05) is 36.8 Å². The predicted molar refractivity (Wildman–Crippen MR) is 102 cm³/mol.